The molecule has 1 heterocycles. The molecule has 2 N–H and O–H groups in total. The smallest absolute Gasteiger partial charge is 0.323 e. The quantitative estimate of drug-likeness (QED) is 0.645. The number of urea groups is 1. The zero-order valence-corrected chi connectivity index (χ0v) is 10.9. The molecule has 19 heavy (non-hydrogen) atoms. The number of imide groups is 1. The van der Waals surface area contributed by atoms with Crippen molar-refractivity contribution < 1.29 is 24.3 Å². The van der Waals surface area contributed by atoms with Gasteiger partial charge in [0.05, 0.1) is 0 Å². The van der Waals surface area contributed by atoms with Crippen LogP contribution in [-0.2, 0) is 14.4 Å². The molecule has 0 aliphatic carbocycles. The zero-order valence-electron chi connectivity index (χ0n) is 10.9. The maximum atomic E-state index is 12.1. The Labute approximate surface area is 110 Å². The monoisotopic (exact) mass is 271 g/mol. The summed E-state index contributed by atoms with van der Waals surface area (Å²) in [4.78, 5) is 47.4. The van der Waals surface area contributed by atoms with Crippen LogP contribution in [0.15, 0.2) is 0 Å². The minimum atomic E-state index is -1.14. The van der Waals surface area contributed by atoms with E-state index < -0.39 is 30.4 Å². The number of piperazine rings is 1. The first-order valence-electron chi connectivity index (χ1n) is 5.88. The van der Waals surface area contributed by atoms with Crippen LogP contribution in [0.1, 0.15) is 13.8 Å². The summed E-state index contributed by atoms with van der Waals surface area (Å²) in [7, 11) is 0. The molecule has 4 amide bonds. The highest BCUT2D eigenvalue weighted by atomic mass is 16.4. The number of rotatable bonds is 4. The van der Waals surface area contributed by atoms with Crippen LogP contribution in [0.4, 0.5) is 4.79 Å². The summed E-state index contributed by atoms with van der Waals surface area (Å²) in [6.45, 7) is 3.00. The van der Waals surface area contributed by atoms with E-state index in [0.717, 1.165) is 9.80 Å². The molecule has 1 saturated heterocycles. The van der Waals surface area contributed by atoms with Gasteiger partial charge in [0.15, 0.2) is 0 Å². The summed E-state index contributed by atoms with van der Waals surface area (Å²) < 4.78 is 0. The highest BCUT2D eigenvalue weighted by Gasteiger charge is 2.30. The van der Waals surface area contributed by atoms with Crippen molar-refractivity contribution in [1.29, 1.82) is 0 Å². The Morgan fingerprint density at radius 1 is 1.32 bits per heavy atom. The van der Waals surface area contributed by atoms with Crippen molar-refractivity contribution in [1.82, 2.24) is 15.1 Å². The van der Waals surface area contributed by atoms with Crippen LogP contribution in [0.25, 0.3) is 0 Å². The average Bonchev–Trinajstić information content (AvgIpc) is 2.24. The maximum absolute atomic E-state index is 12.1. The topological polar surface area (TPSA) is 107 Å². The summed E-state index contributed by atoms with van der Waals surface area (Å²) in [6, 6.07) is -0.612. The Balaban J connectivity index is 2.76. The summed E-state index contributed by atoms with van der Waals surface area (Å²) in [5.74, 6) is -2.19. The highest BCUT2D eigenvalue weighted by molar-refractivity contribution is 6.02. The fourth-order valence-corrected chi connectivity index (χ4v) is 1.79. The first-order valence-corrected chi connectivity index (χ1v) is 5.88. The molecule has 8 heteroatoms. The van der Waals surface area contributed by atoms with E-state index in [-0.39, 0.29) is 25.6 Å². The van der Waals surface area contributed by atoms with Crippen LogP contribution in [0.2, 0.25) is 0 Å². The van der Waals surface area contributed by atoms with Crippen molar-refractivity contribution in [2.24, 2.45) is 5.92 Å². The lowest BCUT2D eigenvalue weighted by atomic mass is 10.2. The Bertz CT molecular complexity index is 391. The largest absolute Gasteiger partial charge is 0.480 e. The number of hydrogen-bond donors (Lipinski definition) is 2. The fourth-order valence-electron chi connectivity index (χ4n) is 1.79. The molecule has 0 bridgehead atoms. The summed E-state index contributed by atoms with van der Waals surface area (Å²) >= 11 is 0. The van der Waals surface area contributed by atoms with Gasteiger partial charge in [-0.1, -0.05) is 13.8 Å². The molecule has 0 radical (unpaired) electrons. The van der Waals surface area contributed by atoms with Gasteiger partial charge >= 0.3 is 12.0 Å². The second-order valence-corrected chi connectivity index (χ2v) is 4.78. The molecular weight excluding hydrogens is 254 g/mol. The number of nitrogens with zero attached hydrogens (tertiary/aromatic N) is 2. The summed E-state index contributed by atoms with van der Waals surface area (Å²) in [6.07, 6.45) is 0. The van der Waals surface area contributed by atoms with Gasteiger partial charge in [-0.2, -0.15) is 0 Å². The molecule has 1 aliphatic heterocycles. The second-order valence-electron chi connectivity index (χ2n) is 4.78. The molecule has 0 aromatic rings. The molecule has 0 atom stereocenters. The van der Waals surface area contributed by atoms with Gasteiger partial charge in [-0.15, -0.1) is 0 Å². The first kappa shape index (κ1) is 14.9. The highest BCUT2D eigenvalue weighted by Crippen LogP contribution is 2.06. The van der Waals surface area contributed by atoms with Gasteiger partial charge in [-0.3, -0.25) is 19.7 Å². The van der Waals surface area contributed by atoms with E-state index in [9.17, 15) is 19.2 Å². The van der Waals surface area contributed by atoms with Crippen LogP contribution in [-0.4, -0.2) is 64.9 Å². The third kappa shape index (κ3) is 4.57. The van der Waals surface area contributed by atoms with Crippen molar-refractivity contribution in [2.45, 2.75) is 13.8 Å². The lowest BCUT2D eigenvalue weighted by Crippen LogP contribution is -2.57. The van der Waals surface area contributed by atoms with Gasteiger partial charge in [-0.25, -0.2) is 4.79 Å². The molecule has 1 fully saturated rings. The number of hydrogen-bond acceptors (Lipinski definition) is 4. The van der Waals surface area contributed by atoms with Crippen LogP contribution < -0.4 is 5.32 Å². The lowest BCUT2D eigenvalue weighted by Gasteiger charge is -2.31. The number of aliphatic carboxylic acids is 1. The molecule has 0 spiro atoms. The third-order valence-electron chi connectivity index (χ3n) is 2.40. The molecule has 0 aromatic carbocycles. The summed E-state index contributed by atoms with van der Waals surface area (Å²) in [5, 5.41) is 10.9. The van der Waals surface area contributed by atoms with Gasteiger partial charge in [0.2, 0.25) is 11.8 Å². The number of carbonyl (C=O) groups is 4. The predicted molar refractivity (Wildman–Crippen MR) is 64.2 cm³/mol. The predicted octanol–water partition coefficient (Wildman–Crippen LogP) is -0.893. The molecule has 1 rings (SSSR count). The molecule has 0 saturated carbocycles. The fraction of sp³-hybridized carbons (Fsp3) is 0.636. The van der Waals surface area contributed by atoms with Crippen LogP contribution >= 0.6 is 0 Å². The van der Waals surface area contributed by atoms with Gasteiger partial charge in [0.1, 0.15) is 19.6 Å². The van der Waals surface area contributed by atoms with Gasteiger partial charge in [-0.05, 0) is 5.92 Å². The minimum absolute atomic E-state index is 0.0811. The van der Waals surface area contributed by atoms with Crippen LogP contribution in [0.3, 0.4) is 0 Å². The standard InChI is InChI=1S/C11H17N3O5/c1-7(2)3-13(6-10(17)18)11(19)14-4-8(15)12-9(16)5-14/h7H,3-6H2,1-2H3,(H,17,18)(H,12,15,16). The van der Waals surface area contributed by atoms with Crippen molar-refractivity contribution in [2.75, 3.05) is 26.2 Å². The maximum Gasteiger partial charge on any atom is 0.323 e. The van der Waals surface area contributed by atoms with E-state index in [4.69, 9.17) is 5.11 Å². The SMILES string of the molecule is CC(C)CN(CC(=O)O)C(=O)N1CC(=O)NC(=O)C1. The third-order valence-corrected chi connectivity index (χ3v) is 2.40. The molecule has 8 nitrogen and oxygen atoms in total. The molecule has 0 unspecified atom stereocenters. The van der Waals surface area contributed by atoms with Crippen molar-refractivity contribution in [3.05, 3.63) is 0 Å². The minimum Gasteiger partial charge on any atom is -0.480 e. The Hall–Kier alpha value is -2.12. The molecule has 0 aromatic heterocycles. The van der Waals surface area contributed by atoms with E-state index in [1.165, 1.54) is 0 Å². The van der Waals surface area contributed by atoms with E-state index >= 15 is 0 Å². The average molecular weight is 271 g/mol. The summed E-state index contributed by atoms with van der Waals surface area (Å²) in [5.41, 5.74) is 0. The Kier molecular flexibility index (Phi) is 4.85. The van der Waals surface area contributed by atoms with E-state index in [1.54, 1.807) is 0 Å². The number of amides is 4. The second kappa shape index (κ2) is 6.17. The number of carboxylic acid groups (broad SMARTS) is 1. The van der Waals surface area contributed by atoms with E-state index in [0.29, 0.717) is 0 Å². The molecule has 1 aliphatic rings. The molecular formula is C11H17N3O5. The van der Waals surface area contributed by atoms with Gasteiger partial charge < -0.3 is 14.9 Å². The van der Waals surface area contributed by atoms with Crippen LogP contribution in [0.5, 0.6) is 0 Å². The first-order chi connectivity index (χ1) is 8.79. The van der Waals surface area contributed by atoms with E-state index in [1.807, 2.05) is 13.8 Å². The van der Waals surface area contributed by atoms with Gasteiger partial charge in [0.25, 0.3) is 0 Å². The normalized spacial score (nSPS) is 15.4. The van der Waals surface area contributed by atoms with E-state index in [2.05, 4.69) is 5.32 Å². The van der Waals surface area contributed by atoms with Crippen LogP contribution in [0, 0.1) is 5.92 Å². The van der Waals surface area contributed by atoms with Crippen molar-refractivity contribution >= 4 is 23.8 Å². The van der Waals surface area contributed by atoms with Crippen molar-refractivity contribution in [3.8, 4) is 0 Å². The molecule has 106 valence electrons. The Morgan fingerprint density at radius 2 is 1.84 bits per heavy atom. The van der Waals surface area contributed by atoms with Gasteiger partial charge in [0, 0.05) is 6.54 Å². The lowest BCUT2D eigenvalue weighted by molar-refractivity contribution is -0.137. The number of carbonyl (C=O) groups excluding carboxylic acids is 3. The zero-order chi connectivity index (χ0) is 14.6. The van der Waals surface area contributed by atoms with Crippen molar-refractivity contribution in [3.63, 3.8) is 0 Å². The number of nitrogens with one attached hydrogen (secondary N) is 1. The number of carboxylic acids is 1. The Morgan fingerprint density at radius 3 is 2.26 bits per heavy atom.